The van der Waals surface area contributed by atoms with Crippen molar-refractivity contribution in [2.24, 2.45) is 11.8 Å². The minimum absolute atomic E-state index is 0.268. The van der Waals surface area contributed by atoms with Gasteiger partial charge in [-0.2, -0.15) is 0 Å². The monoisotopic (exact) mass is 306 g/mol. The summed E-state index contributed by atoms with van der Waals surface area (Å²) in [6.07, 6.45) is 2.04. The molecule has 0 amide bonds. The van der Waals surface area contributed by atoms with Crippen molar-refractivity contribution >= 4 is 17.9 Å². The largest absolute Gasteiger partial charge is 0.481 e. The molecule has 2 rings (SSSR count). The highest BCUT2D eigenvalue weighted by Gasteiger charge is 2.30. The number of ether oxygens (including phenoxy) is 2. The van der Waals surface area contributed by atoms with Crippen LogP contribution in [0.3, 0.4) is 0 Å². The van der Waals surface area contributed by atoms with Gasteiger partial charge in [0.2, 0.25) is 0 Å². The van der Waals surface area contributed by atoms with Crippen LogP contribution in [-0.2, 0) is 14.3 Å². The highest BCUT2D eigenvalue weighted by atomic mass is 16.5. The Bertz CT molecular complexity index is 555. The Labute approximate surface area is 128 Å². The number of hydrogen-bond donors (Lipinski definition) is 1. The van der Waals surface area contributed by atoms with E-state index in [1.54, 1.807) is 0 Å². The van der Waals surface area contributed by atoms with Gasteiger partial charge in [0.15, 0.2) is 0 Å². The Kier molecular flexibility index (Phi) is 5.14. The van der Waals surface area contributed by atoms with Crippen molar-refractivity contribution in [2.75, 3.05) is 7.11 Å². The minimum atomic E-state index is -0.801. The van der Waals surface area contributed by atoms with Crippen molar-refractivity contribution in [1.29, 1.82) is 0 Å². The van der Waals surface area contributed by atoms with E-state index in [4.69, 9.17) is 9.84 Å². The van der Waals surface area contributed by atoms with Crippen LogP contribution >= 0.6 is 0 Å². The number of carboxylic acids is 1. The van der Waals surface area contributed by atoms with Crippen LogP contribution in [0.15, 0.2) is 24.3 Å². The molecular weight excluding hydrogens is 288 g/mol. The lowest BCUT2D eigenvalue weighted by Crippen LogP contribution is -2.28. The highest BCUT2D eigenvalue weighted by molar-refractivity contribution is 5.89. The molecule has 1 aliphatic carbocycles. The van der Waals surface area contributed by atoms with Crippen LogP contribution in [-0.4, -0.2) is 30.1 Å². The lowest BCUT2D eigenvalue weighted by molar-refractivity contribution is -0.146. The summed E-state index contributed by atoms with van der Waals surface area (Å²) in [7, 11) is 1.30. The maximum absolute atomic E-state index is 12.1. The Hall–Kier alpha value is -2.37. The molecule has 0 spiro atoms. The molecule has 0 radical (unpaired) electrons. The van der Waals surface area contributed by atoms with Gasteiger partial charge in [-0.05, 0) is 49.9 Å². The molecule has 0 atom stereocenters. The van der Waals surface area contributed by atoms with E-state index < -0.39 is 11.9 Å². The zero-order chi connectivity index (χ0) is 16.1. The van der Waals surface area contributed by atoms with Gasteiger partial charge in [0.1, 0.15) is 5.75 Å². The number of carboxylic acid groups (broad SMARTS) is 1. The number of rotatable bonds is 4. The smallest absolute Gasteiger partial charge is 0.337 e. The quantitative estimate of drug-likeness (QED) is 0.678. The first-order valence-corrected chi connectivity index (χ1v) is 7.14. The van der Waals surface area contributed by atoms with Gasteiger partial charge < -0.3 is 14.6 Å². The fourth-order valence-electron chi connectivity index (χ4n) is 2.55. The molecule has 0 bridgehead atoms. The Morgan fingerprint density at radius 2 is 1.55 bits per heavy atom. The maximum Gasteiger partial charge on any atom is 0.337 e. The number of hydrogen-bond acceptors (Lipinski definition) is 5. The molecule has 6 heteroatoms. The van der Waals surface area contributed by atoms with Gasteiger partial charge in [-0.3, -0.25) is 9.59 Å². The molecule has 0 aromatic heterocycles. The normalized spacial score (nSPS) is 21.0. The molecule has 0 aliphatic heterocycles. The van der Waals surface area contributed by atoms with Gasteiger partial charge in [-0.25, -0.2) is 4.79 Å². The van der Waals surface area contributed by atoms with Gasteiger partial charge in [0.25, 0.3) is 0 Å². The topological polar surface area (TPSA) is 89.9 Å². The fraction of sp³-hybridized carbons (Fsp3) is 0.438. The summed E-state index contributed by atoms with van der Waals surface area (Å²) in [4.78, 5) is 34.2. The molecule has 118 valence electrons. The van der Waals surface area contributed by atoms with Gasteiger partial charge in [-0.15, -0.1) is 0 Å². The van der Waals surface area contributed by atoms with Crippen LogP contribution in [0.1, 0.15) is 36.0 Å². The molecule has 1 aromatic carbocycles. The van der Waals surface area contributed by atoms with Crippen LogP contribution in [0.25, 0.3) is 0 Å². The van der Waals surface area contributed by atoms with Gasteiger partial charge in [-0.1, -0.05) is 0 Å². The summed E-state index contributed by atoms with van der Waals surface area (Å²) in [5.74, 6) is -1.87. The number of carbonyl (C=O) groups is 3. The first-order chi connectivity index (χ1) is 10.5. The van der Waals surface area contributed by atoms with Crippen LogP contribution < -0.4 is 4.74 Å². The average molecular weight is 306 g/mol. The third-order valence-corrected chi connectivity index (χ3v) is 3.90. The summed E-state index contributed by atoms with van der Waals surface area (Å²) in [5.41, 5.74) is 0.379. The molecule has 6 nitrogen and oxygen atoms in total. The van der Waals surface area contributed by atoms with E-state index in [1.165, 1.54) is 31.4 Å². The van der Waals surface area contributed by atoms with Crippen molar-refractivity contribution in [3.8, 4) is 5.75 Å². The second kappa shape index (κ2) is 7.06. The zero-order valence-corrected chi connectivity index (χ0v) is 12.3. The summed E-state index contributed by atoms with van der Waals surface area (Å²) < 4.78 is 9.87. The van der Waals surface area contributed by atoms with Gasteiger partial charge in [0.05, 0.1) is 24.5 Å². The minimum Gasteiger partial charge on any atom is -0.481 e. The second-order valence-corrected chi connectivity index (χ2v) is 5.32. The number of carbonyl (C=O) groups excluding carboxylic acids is 2. The molecule has 1 saturated carbocycles. The molecular formula is C16H18O6. The Morgan fingerprint density at radius 3 is 2.05 bits per heavy atom. The first kappa shape index (κ1) is 16.0. The standard InChI is InChI=1S/C16H18O6/c1-21-15(19)11-6-8-13(9-7-11)22-16(20)12-4-2-10(3-5-12)14(17)18/h6-10,12H,2-5H2,1H3,(H,17,18). The number of aliphatic carboxylic acids is 1. The predicted molar refractivity (Wildman–Crippen MR) is 76.5 cm³/mol. The van der Waals surface area contributed by atoms with E-state index in [9.17, 15) is 14.4 Å². The first-order valence-electron chi connectivity index (χ1n) is 7.14. The number of benzene rings is 1. The number of methoxy groups -OCH3 is 1. The Morgan fingerprint density at radius 1 is 1.00 bits per heavy atom. The van der Waals surface area contributed by atoms with E-state index >= 15 is 0 Å². The van der Waals surface area contributed by atoms with Crippen LogP contribution in [0.5, 0.6) is 5.75 Å². The Balaban J connectivity index is 1.90. The summed E-state index contributed by atoms with van der Waals surface area (Å²) in [6, 6.07) is 6.12. The molecule has 1 fully saturated rings. The summed E-state index contributed by atoms with van der Waals surface area (Å²) in [6.45, 7) is 0. The molecule has 1 aromatic rings. The zero-order valence-electron chi connectivity index (χ0n) is 12.3. The van der Waals surface area contributed by atoms with Crippen molar-refractivity contribution < 1.29 is 29.0 Å². The van der Waals surface area contributed by atoms with E-state index in [0.717, 1.165) is 0 Å². The molecule has 22 heavy (non-hydrogen) atoms. The summed E-state index contributed by atoms with van der Waals surface area (Å²) >= 11 is 0. The number of esters is 2. The summed E-state index contributed by atoms with van der Waals surface area (Å²) in [5, 5.41) is 8.94. The molecule has 1 aliphatic rings. The van der Waals surface area contributed by atoms with E-state index in [2.05, 4.69) is 4.74 Å². The van der Waals surface area contributed by atoms with E-state index in [1.807, 2.05) is 0 Å². The fourth-order valence-corrected chi connectivity index (χ4v) is 2.55. The van der Waals surface area contributed by atoms with Crippen molar-refractivity contribution in [3.05, 3.63) is 29.8 Å². The molecule has 0 heterocycles. The van der Waals surface area contributed by atoms with Crippen LogP contribution in [0, 0.1) is 11.8 Å². The third-order valence-electron chi connectivity index (χ3n) is 3.90. The highest BCUT2D eigenvalue weighted by Crippen LogP contribution is 2.30. The van der Waals surface area contributed by atoms with Gasteiger partial charge in [0, 0.05) is 0 Å². The molecule has 1 N–H and O–H groups in total. The SMILES string of the molecule is COC(=O)c1ccc(OC(=O)C2CCC(C(=O)O)CC2)cc1. The molecule has 0 unspecified atom stereocenters. The third kappa shape index (κ3) is 3.84. The average Bonchev–Trinajstić information content (AvgIpc) is 2.54. The molecule has 0 saturated heterocycles. The van der Waals surface area contributed by atoms with Crippen LogP contribution in [0.2, 0.25) is 0 Å². The van der Waals surface area contributed by atoms with Crippen molar-refractivity contribution in [1.82, 2.24) is 0 Å². The van der Waals surface area contributed by atoms with Crippen molar-refractivity contribution in [2.45, 2.75) is 25.7 Å². The van der Waals surface area contributed by atoms with Crippen molar-refractivity contribution in [3.63, 3.8) is 0 Å². The van der Waals surface area contributed by atoms with E-state index in [0.29, 0.717) is 37.0 Å². The second-order valence-electron chi connectivity index (χ2n) is 5.32. The predicted octanol–water partition coefficient (Wildman–Crippen LogP) is 2.27. The van der Waals surface area contributed by atoms with E-state index in [-0.39, 0.29) is 17.8 Å². The lowest BCUT2D eigenvalue weighted by atomic mass is 9.82. The van der Waals surface area contributed by atoms with Gasteiger partial charge >= 0.3 is 17.9 Å². The maximum atomic E-state index is 12.1. The lowest BCUT2D eigenvalue weighted by Gasteiger charge is -2.24. The van der Waals surface area contributed by atoms with Crippen LogP contribution in [0.4, 0.5) is 0 Å².